The van der Waals surface area contributed by atoms with E-state index in [-0.39, 0.29) is 5.04 Å². The number of benzene rings is 1. The molecule has 0 aromatic heterocycles. The second-order valence-electron chi connectivity index (χ2n) is 5.56. The molecule has 0 bridgehead atoms. The van der Waals surface area contributed by atoms with Crippen LogP contribution in [0.15, 0.2) is 12.1 Å². The summed E-state index contributed by atoms with van der Waals surface area (Å²) in [4.78, 5) is 0. The molecule has 0 aliphatic carbocycles. The summed E-state index contributed by atoms with van der Waals surface area (Å²) < 4.78 is 45.2. The first-order valence-electron chi connectivity index (χ1n) is 5.38. The Bertz CT molecular complexity index is 401. The van der Waals surface area contributed by atoms with E-state index in [1.165, 1.54) is 0 Å². The van der Waals surface area contributed by atoms with Gasteiger partial charge < -0.3 is 4.43 Å². The maximum Gasteiger partial charge on any atom is 0.250 e. The van der Waals surface area contributed by atoms with E-state index < -0.39 is 31.5 Å². The first kappa shape index (κ1) is 14.1. The largest absolute Gasteiger partial charge is 0.540 e. The second kappa shape index (κ2) is 4.36. The van der Waals surface area contributed by atoms with E-state index >= 15 is 0 Å². The molecule has 0 unspecified atom stereocenters. The van der Waals surface area contributed by atoms with Gasteiger partial charge in [-0.25, -0.2) is 13.2 Å². The summed E-state index contributed by atoms with van der Waals surface area (Å²) in [6, 6.07) is 1.26. The van der Waals surface area contributed by atoms with Crippen molar-refractivity contribution in [3.05, 3.63) is 29.6 Å². The number of hydrogen-bond acceptors (Lipinski definition) is 1. The van der Waals surface area contributed by atoms with E-state index in [1.54, 1.807) is 0 Å². The lowest BCUT2D eigenvalue weighted by Gasteiger charge is -2.36. The Morgan fingerprint density at radius 2 is 1.41 bits per heavy atom. The molecule has 96 valence electrons. The third kappa shape index (κ3) is 3.03. The van der Waals surface area contributed by atoms with Gasteiger partial charge in [-0.05, 0) is 18.1 Å². The Hall–Kier alpha value is -0.973. The number of halogens is 3. The van der Waals surface area contributed by atoms with Crippen molar-refractivity contribution >= 4 is 8.32 Å². The molecule has 0 radical (unpaired) electrons. The lowest BCUT2D eigenvalue weighted by Crippen LogP contribution is -2.44. The zero-order valence-corrected chi connectivity index (χ0v) is 11.7. The van der Waals surface area contributed by atoms with Crippen LogP contribution in [0.1, 0.15) is 20.8 Å². The fraction of sp³-hybridized carbons (Fsp3) is 0.500. The minimum Gasteiger partial charge on any atom is -0.540 e. The Morgan fingerprint density at radius 1 is 1.00 bits per heavy atom. The molecule has 0 fully saturated rings. The maximum absolute atomic E-state index is 13.4. The molecule has 1 aromatic rings. The van der Waals surface area contributed by atoms with Crippen molar-refractivity contribution in [3.63, 3.8) is 0 Å². The van der Waals surface area contributed by atoms with Gasteiger partial charge >= 0.3 is 0 Å². The van der Waals surface area contributed by atoms with Gasteiger partial charge in [0.2, 0.25) is 0 Å². The molecule has 0 spiro atoms. The molecule has 0 saturated carbocycles. The molecule has 0 N–H and O–H groups in total. The predicted octanol–water partition coefficient (Wildman–Crippen LogP) is 4.49. The van der Waals surface area contributed by atoms with Gasteiger partial charge in [-0.15, -0.1) is 0 Å². The first-order valence-corrected chi connectivity index (χ1v) is 8.29. The van der Waals surface area contributed by atoms with Crippen molar-refractivity contribution in [2.45, 2.75) is 38.9 Å². The molecule has 0 aliphatic rings. The average Bonchev–Trinajstić information content (AvgIpc) is 2.09. The SMILES string of the molecule is CC(C)(C)[Si](C)(C)Oc1c(F)cc(F)cc1F. The summed E-state index contributed by atoms with van der Waals surface area (Å²) in [6.45, 7) is 9.61. The van der Waals surface area contributed by atoms with Crippen molar-refractivity contribution in [1.29, 1.82) is 0 Å². The molecule has 0 atom stereocenters. The molecule has 0 amide bonds. The molecule has 5 heteroatoms. The van der Waals surface area contributed by atoms with Crippen LogP contribution in [0.3, 0.4) is 0 Å². The molecule has 0 aliphatic heterocycles. The van der Waals surface area contributed by atoms with Gasteiger partial charge in [0, 0.05) is 12.1 Å². The molecule has 0 heterocycles. The zero-order chi connectivity index (χ0) is 13.4. The van der Waals surface area contributed by atoms with E-state index in [2.05, 4.69) is 0 Å². The van der Waals surface area contributed by atoms with Crippen LogP contribution in [-0.2, 0) is 0 Å². The van der Waals surface area contributed by atoms with Crippen LogP contribution in [0.2, 0.25) is 18.1 Å². The summed E-state index contributed by atoms with van der Waals surface area (Å²) in [7, 11) is -2.33. The lowest BCUT2D eigenvalue weighted by atomic mass is 10.2. The van der Waals surface area contributed by atoms with Crippen LogP contribution in [-0.4, -0.2) is 8.32 Å². The van der Waals surface area contributed by atoms with Crippen molar-refractivity contribution in [3.8, 4) is 5.75 Å². The maximum atomic E-state index is 13.4. The number of rotatable bonds is 2. The third-order valence-corrected chi connectivity index (χ3v) is 7.45. The number of hydrogen-bond donors (Lipinski definition) is 0. The molecule has 1 aromatic carbocycles. The van der Waals surface area contributed by atoms with Gasteiger partial charge in [0.05, 0.1) is 0 Å². The van der Waals surface area contributed by atoms with Crippen LogP contribution >= 0.6 is 0 Å². The van der Waals surface area contributed by atoms with Crippen LogP contribution < -0.4 is 4.43 Å². The topological polar surface area (TPSA) is 9.23 Å². The predicted molar refractivity (Wildman–Crippen MR) is 64.1 cm³/mol. The quantitative estimate of drug-likeness (QED) is 0.714. The Kier molecular flexibility index (Phi) is 3.62. The van der Waals surface area contributed by atoms with Gasteiger partial charge in [0.25, 0.3) is 8.32 Å². The monoisotopic (exact) mass is 262 g/mol. The van der Waals surface area contributed by atoms with E-state index in [0.717, 1.165) is 0 Å². The summed E-state index contributed by atoms with van der Waals surface area (Å²) in [5, 5.41) is -0.180. The van der Waals surface area contributed by atoms with Crippen molar-refractivity contribution in [2.24, 2.45) is 0 Å². The standard InChI is InChI=1S/C12H17F3OSi/c1-12(2,3)17(4,5)16-11-9(14)6-8(13)7-10(11)15/h6-7H,1-5H3. The van der Waals surface area contributed by atoms with E-state index in [0.29, 0.717) is 12.1 Å². The van der Waals surface area contributed by atoms with Gasteiger partial charge in [0.15, 0.2) is 17.4 Å². The van der Waals surface area contributed by atoms with Gasteiger partial charge in [0.1, 0.15) is 5.82 Å². The summed E-state index contributed by atoms with van der Waals surface area (Å²) in [5.74, 6) is -3.40. The lowest BCUT2D eigenvalue weighted by molar-refractivity contribution is 0.417. The highest BCUT2D eigenvalue weighted by molar-refractivity contribution is 6.74. The van der Waals surface area contributed by atoms with Gasteiger partial charge in [-0.1, -0.05) is 20.8 Å². The van der Waals surface area contributed by atoms with E-state index in [1.807, 2.05) is 33.9 Å². The van der Waals surface area contributed by atoms with E-state index in [4.69, 9.17) is 4.43 Å². The highest BCUT2D eigenvalue weighted by Gasteiger charge is 2.40. The summed E-state index contributed by atoms with van der Waals surface area (Å²) in [6.07, 6.45) is 0. The van der Waals surface area contributed by atoms with Crippen LogP contribution in [0.25, 0.3) is 0 Å². The van der Waals surface area contributed by atoms with E-state index in [9.17, 15) is 13.2 Å². The zero-order valence-electron chi connectivity index (χ0n) is 10.7. The minimum atomic E-state index is -2.33. The fourth-order valence-electron chi connectivity index (χ4n) is 1.03. The van der Waals surface area contributed by atoms with Gasteiger partial charge in [-0.2, -0.15) is 0 Å². The second-order valence-corrected chi connectivity index (χ2v) is 10.3. The average molecular weight is 262 g/mol. The van der Waals surface area contributed by atoms with Crippen LogP contribution in [0, 0.1) is 17.5 Å². The molecule has 1 rings (SSSR count). The Morgan fingerprint density at radius 3 is 1.76 bits per heavy atom. The van der Waals surface area contributed by atoms with Crippen molar-refractivity contribution < 1.29 is 17.6 Å². The van der Waals surface area contributed by atoms with Crippen LogP contribution in [0.4, 0.5) is 13.2 Å². The molecule has 1 nitrogen and oxygen atoms in total. The smallest absolute Gasteiger partial charge is 0.250 e. The van der Waals surface area contributed by atoms with Crippen molar-refractivity contribution in [2.75, 3.05) is 0 Å². The van der Waals surface area contributed by atoms with Gasteiger partial charge in [-0.3, -0.25) is 0 Å². The highest BCUT2D eigenvalue weighted by Crippen LogP contribution is 2.38. The Balaban J connectivity index is 3.13. The van der Waals surface area contributed by atoms with Crippen LogP contribution in [0.5, 0.6) is 5.75 Å². The fourth-order valence-corrected chi connectivity index (χ4v) is 2.05. The minimum absolute atomic E-state index is 0.180. The summed E-state index contributed by atoms with van der Waals surface area (Å²) in [5.41, 5.74) is 0. The molecular weight excluding hydrogens is 245 g/mol. The Labute approximate surface area is 101 Å². The third-order valence-electron chi connectivity index (χ3n) is 3.13. The molecule has 17 heavy (non-hydrogen) atoms. The van der Waals surface area contributed by atoms with Crippen molar-refractivity contribution in [1.82, 2.24) is 0 Å². The summed E-state index contributed by atoms with van der Waals surface area (Å²) >= 11 is 0. The first-order chi connectivity index (χ1) is 7.54. The normalized spacial score (nSPS) is 12.7. The molecule has 0 saturated heterocycles. The highest BCUT2D eigenvalue weighted by atomic mass is 28.4. The molecular formula is C12H17F3OSi.